The van der Waals surface area contributed by atoms with Crippen LogP contribution in [-0.4, -0.2) is 82.3 Å². The van der Waals surface area contributed by atoms with Crippen LogP contribution in [0.2, 0.25) is 0 Å². The molecule has 0 amide bonds. The average molecular weight is 1020 g/mol. The van der Waals surface area contributed by atoms with Crippen molar-refractivity contribution in [2.75, 3.05) is 47.5 Å². The van der Waals surface area contributed by atoms with Crippen molar-refractivity contribution in [1.82, 2.24) is 0 Å². The maximum atomic E-state index is 12.8. The summed E-state index contributed by atoms with van der Waals surface area (Å²) in [7, 11) is 5.92. The van der Waals surface area contributed by atoms with Gasteiger partial charge in [0.05, 0.1) is 40.3 Å². The fourth-order valence-corrected chi connectivity index (χ4v) is 8.86. The Labute approximate surface area is 445 Å². The van der Waals surface area contributed by atoms with Crippen LogP contribution in [0.1, 0.15) is 290 Å². The van der Waals surface area contributed by atoms with E-state index in [1.54, 1.807) is 0 Å². The predicted octanol–water partition coefficient (Wildman–Crippen LogP) is 16.7. The highest BCUT2D eigenvalue weighted by Crippen LogP contribution is 2.17. The number of aliphatic carboxylic acids is 1. The van der Waals surface area contributed by atoms with Crippen LogP contribution in [-0.2, 0) is 33.3 Å². The number of unbranched alkanes of at least 4 members (excludes halogenated alkanes) is 36. The Morgan fingerprint density at radius 2 is 0.750 bits per heavy atom. The minimum atomic E-state index is -1.62. The molecule has 0 N–H and O–H groups in total. The maximum Gasteiger partial charge on any atom is 0.306 e. The van der Waals surface area contributed by atoms with Gasteiger partial charge in [0.15, 0.2) is 12.4 Å². The standard InChI is InChI=1S/C63H117NO8/c1-6-8-10-12-14-16-18-20-21-22-23-24-25-26-27-28-29-30-31-32-33-34-35-36-37-38-39-40-41-42-44-46-48-50-52-54-61(66)72-59(58-71-63(62(67)68)69-56-55-64(3,4)5)57-70-60(65)53-51-49-47-45-43-19-17-15-13-11-9-7-2/h15,17-18,20,22-23,59,63H,6-14,16,19,21,24-58H2,1-5H3/b17-15-,20-18-,23-22-. The van der Waals surface area contributed by atoms with E-state index in [0.29, 0.717) is 17.4 Å². The number of carboxylic acids is 1. The van der Waals surface area contributed by atoms with Crippen molar-refractivity contribution in [2.45, 2.75) is 302 Å². The first-order valence-electron chi connectivity index (χ1n) is 30.6. The van der Waals surface area contributed by atoms with E-state index in [1.165, 1.54) is 199 Å². The van der Waals surface area contributed by atoms with Crippen LogP contribution >= 0.6 is 0 Å². The van der Waals surface area contributed by atoms with E-state index in [1.807, 2.05) is 21.1 Å². The van der Waals surface area contributed by atoms with E-state index in [-0.39, 0.29) is 38.6 Å². The smallest absolute Gasteiger partial charge is 0.306 e. The molecule has 0 saturated carbocycles. The second kappa shape index (κ2) is 54.8. The largest absolute Gasteiger partial charge is 0.545 e. The van der Waals surface area contributed by atoms with Crippen molar-refractivity contribution < 1.29 is 42.9 Å². The highest BCUT2D eigenvalue weighted by molar-refractivity contribution is 5.70. The number of nitrogens with zero attached hydrogens (tertiary/aromatic N) is 1. The molecule has 0 aliphatic rings. The van der Waals surface area contributed by atoms with Crippen molar-refractivity contribution in [1.29, 1.82) is 0 Å². The fraction of sp³-hybridized carbons (Fsp3) is 0.857. The van der Waals surface area contributed by atoms with Gasteiger partial charge >= 0.3 is 11.9 Å². The summed E-state index contributed by atoms with van der Waals surface area (Å²) >= 11 is 0. The van der Waals surface area contributed by atoms with Gasteiger partial charge in [-0.25, -0.2) is 0 Å². The van der Waals surface area contributed by atoms with Crippen LogP contribution in [0, 0.1) is 0 Å². The minimum absolute atomic E-state index is 0.148. The molecule has 0 aliphatic heterocycles. The van der Waals surface area contributed by atoms with Gasteiger partial charge in [0.2, 0.25) is 0 Å². The molecule has 9 heteroatoms. The third-order valence-electron chi connectivity index (χ3n) is 13.6. The summed E-state index contributed by atoms with van der Waals surface area (Å²) in [6.07, 6.45) is 63.7. The number of carboxylic acid groups (broad SMARTS) is 1. The van der Waals surface area contributed by atoms with Gasteiger partial charge in [-0.2, -0.15) is 0 Å². The number of carbonyl (C=O) groups excluding carboxylic acids is 3. The molecular formula is C63H117NO8. The monoisotopic (exact) mass is 1020 g/mol. The molecule has 0 aromatic heterocycles. The lowest BCUT2D eigenvalue weighted by atomic mass is 10.0. The van der Waals surface area contributed by atoms with Gasteiger partial charge in [-0.3, -0.25) is 9.59 Å². The number of hydrogen-bond donors (Lipinski definition) is 0. The lowest BCUT2D eigenvalue weighted by Gasteiger charge is -2.26. The highest BCUT2D eigenvalue weighted by Gasteiger charge is 2.22. The van der Waals surface area contributed by atoms with Crippen LogP contribution in [0.25, 0.3) is 0 Å². The van der Waals surface area contributed by atoms with E-state index in [4.69, 9.17) is 18.9 Å². The zero-order chi connectivity index (χ0) is 52.7. The highest BCUT2D eigenvalue weighted by atomic mass is 16.7. The molecule has 0 saturated heterocycles. The van der Waals surface area contributed by atoms with Crippen molar-refractivity contribution in [3.05, 3.63) is 36.5 Å². The number of rotatable bonds is 57. The number of quaternary nitrogens is 1. The molecule has 0 heterocycles. The third-order valence-corrected chi connectivity index (χ3v) is 13.6. The molecule has 422 valence electrons. The summed E-state index contributed by atoms with van der Waals surface area (Å²) in [6.45, 7) is 4.73. The summed E-state index contributed by atoms with van der Waals surface area (Å²) in [5.74, 6) is -2.28. The van der Waals surface area contributed by atoms with Crippen molar-refractivity contribution in [2.24, 2.45) is 0 Å². The van der Waals surface area contributed by atoms with Crippen LogP contribution < -0.4 is 5.11 Å². The summed E-state index contributed by atoms with van der Waals surface area (Å²) in [5, 5.41) is 11.7. The maximum absolute atomic E-state index is 12.8. The molecule has 72 heavy (non-hydrogen) atoms. The molecule has 0 fully saturated rings. The Hall–Kier alpha value is -2.49. The lowest BCUT2D eigenvalue weighted by molar-refractivity contribution is -0.870. The van der Waals surface area contributed by atoms with Crippen LogP contribution in [0.3, 0.4) is 0 Å². The molecule has 0 spiro atoms. The molecule has 2 atom stereocenters. The van der Waals surface area contributed by atoms with Crippen LogP contribution in [0.15, 0.2) is 36.5 Å². The molecule has 0 rings (SSSR count). The number of allylic oxidation sites excluding steroid dienone is 6. The van der Waals surface area contributed by atoms with Gasteiger partial charge in [-0.05, 0) is 70.6 Å². The Balaban J connectivity index is 3.98. The first-order chi connectivity index (χ1) is 35.1. The topological polar surface area (TPSA) is 111 Å². The van der Waals surface area contributed by atoms with Crippen molar-refractivity contribution in [3.63, 3.8) is 0 Å². The number of carbonyl (C=O) groups is 3. The Bertz CT molecular complexity index is 1270. The van der Waals surface area contributed by atoms with Crippen LogP contribution in [0.4, 0.5) is 0 Å². The zero-order valence-corrected chi connectivity index (χ0v) is 48.1. The first kappa shape index (κ1) is 69.5. The van der Waals surface area contributed by atoms with Gasteiger partial charge < -0.3 is 33.3 Å². The van der Waals surface area contributed by atoms with E-state index in [0.717, 1.165) is 57.8 Å². The summed E-state index contributed by atoms with van der Waals surface area (Å²) < 4.78 is 22.7. The molecule has 0 radical (unpaired) electrons. The normalized spacial score (nSPS) is 13.0. The molecular weight excluding hydrogens is 899 g/mol. The lowest BCUT2D eigenvalue weighted by Crippen LogP contribution is -2.44. The van der Waals surface area contributed by atoms with E-state index in [2.05, 4.69) is 50.3 Å². The quantitative estimate of drug-likeness (QED) is 0.0195. The average Bonchev–Trinajstić information content (AvgIpc) is 3.35. The van der Waals surface area contributed by atoms with E-state index in [9.17, 15) is 19.5 Å². The van der Waals surface area contributed by atoms with E-state index >= 15 is 0 Å². The predicted molar refractivity (Wildman–Crippen MR) is 302 cm³/mol. The minimum Gasteiger partial charge on any atom is -0.545 e. The van der Waals surface area contributed by atoms with Gasteiger partial charge in [0.25, 0.3) is 0 Å². The second-order valence-corrected chi connectivity index (χ2v) is 22.0. The first-order valence-corrected chi connectivity index (χ1v) is 30.6. The molecule has 9 nitrogen and oxygen atoms in total. The Morgan fingerprint density at radius 3 is 1.14 bits per heavy atom. The Kier molecular flexibility index (Phi) is 52.9. The molecule has 0 aliphatic carbocycles. The molecule has 2 unspecified atom stereocenters. The van der Waals surface area contributed by atoms with Gasteiger partial charge in [-0.1, -0.05) is 243 Å². The van der Waals surface area contributed by atoms with E-state index < -0.39 is 24.3 Å². The summed E-state index contributed by atoms with van der Waals surface area (Å²) in [6, 6.07) is 0. The summed E-state index contributed by atoms with van der Waals surface area (Å²) in [5.41, 5.74) is 0. The SMILES string of the molecule is CCCCC/C=C\CCCCCCCC(=O)OCC(COC(OCC[N+](C)(C)C)C(=O)[O-])OC(=O)CCCCCCCCCCCCCCCCCCCCCCCCC/C=C\C/C=C\CCCCCCC. The number of ether oxygens (including phenoxy) is 4. The molecule has 0 aromatic rings. The van der Waals surface area contributed by atoms with Crippen molar-refractivity contribution >= 4 is 17.9 Å². The zero-order valence-electron chi connectivity index (χ0n) is 48.1. The number of hydrogen-bond acceptors (Lipinski definition) is 8. The molecule has 0 bridgehead atoms. The number of esters is 2. The van der Waals surface area contributed by atoms with Crippen LogP contribution in [0.5, 0.6) is 0 Å². The summed E-state index contributed by atoms with van der Waals surface area (Å²) in [4.78, 5) is 37.2. The number of likely N-dealkylation sites (N-methyl/N-ethyl adjacent to an activating group) is 1. The third kappa shape index (κ3) is 55.3. The van der Waals surface area contributed by atoms with Crippen molar-refractivity contribution in [3.8, 4) is 0 Å². The van der Waals surface area contributed by atoms with Gasteiger partial charge in [-0.15, -0.1) is 0 Å². The molecule has 0 aromatic carbocycles. The van der Waals surface area contributed by atoms with Gasteiger partial charge in [0, 0.05) is 12.8 Å². The fourth-order valence-electron chi connectivity index (χ4n) is 8.86. The Morgan fingerprint density at radius 1 is 0.417 bits per heavy atom. The van der Waals surface area contributed by atoms with Gasteiger partial charge in [0.1, 0.15) is 13.2 Å². The second-order valence-electron chi connectivity index (χ2n) is 22.0.